The number of hydrogen-bond donors (Lipinski definition) is 0. The molecule has 0 aliphatic carbocycles. The third kappa shape index (κ3) is 11.9. The molecule has 36 heavy (non-hydrogen) atoms. The SMILES string of the molecule is O=C=NCCCCCCC1C(=O)N(CCCCCCN=C=O)C(=O)N(CCCCCCN=C=O)C1=O. The minimum atomic E-state index is -0.862. The summed E-state index contributed by atoms with van der Waals surface area (Å²) in [6.07, 6.45) is 13.8. The predicted molar refractivity (Wildman–Crippen MR) is 131 cm³/mol. The van der Waals surface area contributed by atoms with Crippen LogP contribution in [0.1, 0.15) is 83.5 Å². The number of unbranched alkanes of at least 4 members (excludes halogenated alkanes) is 9. The van der Waals surface area contributed by atoms with Gasteiger partial charge in [0.05, 0.1) is 19.6 Å². The van der Waals surface area contributed by atoms with Gasteiger partial charge in [-0.1, -0.05) is 44.9 Å². The molecule has 0 bridgehead atoms. The lowest BCUT2D eigenvalue weighted by molar-refractivity contribution is -0.149. The molecule has 0 N–H and O–H groups in total. The van der Waals surface area contributed by atoms with Gasteiger partial charge in [0.1, 0.15) is 5.92 Å². The molecular weight excluding hydrogens is 466 g/mol. The van der Waals surface area contributed by atoms with Gasteiger partial charge in [-0.05, 0) is 38.5 Å². The van der Waals surface area contributed by atoms with E-state index in [0.29, 0.717) is 45.3 Å². The van der Waals surface area contributed by atoms with Gasteiger partial charge in [0, 0.05) is 13.1 Å². The summed E-state index contributed by atoms with van der Waals surface area (Å²) in [7, 11) is 0. The number of carbonyl (C=O) groups is 3. The van der Waals surface area contributed by atoms with Crippen LogP contribution in [0.5, 0.6) is 0 Å². The number of hydrogen-bond acceptors (Lipinski definition) is 9. The molecule has 0 spiro atoms. The van der Waals surface area contributed by atoms with Gasteiger partial charge in [0.2, 0.25) is 30.1 Å². The fourth-order valence-electron chi connectivity index (χ4n) is 4.13. The summed E-state index contributed by atoms with van der Waals surface area (Å²) in [4.78, 5) is 82.5. The quantitative estimate of drug-likeness (QED) is 0.101. The van der Waals surface area contributed by atoms with Gasteiger partial charge < -0.3 is 0 Å². The Morgan fingerprint density at radius 2 is 0.889 bits per heavy atom. The number of carbonyl (C=O) groups excluding carboxylic acids is 6. The Bertz CT molecular complexity index is 717. The molecule has 0 atom stereocenters. The van der Waals surface area contributed by atoms with Crippen molar-refractivity contribution in [2.24, 2.45) is 20.9 Å². The van der Waals surface area contributed by atoms with Crippen molar-refractivity contribution in [2.75, 3.05) is 32.7 Å². The second-order valence-corrected chi connectivity index (χ2v) is 8.77. The molecule has 1 saturated heterocycles. The molecule has 0 radical (unpaired) electrons. The molecule has 0 aromatic rings. The summed E-state index contributed by atoms with van der Waals surface area (Å²) >= 11 is 0. The van der Waals surface area contributed by atoms with Crippen LogP contribution in [0.3, 0.4) is 0 Å². The number of imide groups is 2. The van der Waals surface area contributed by atoms with Crippen LogP contribution in [-0.4, -0.2) is 78.6 Å². The zero-order valence-corrected chi connectivity index (χ0v) is 21.0. The Morgan fingerprint density at radius 3 is 1.28 bits per heavy atom. The first-order chi connectivity index (χ1) is 17.6. The van der Waals surface area contributed by atoms with Crippen LogP contribution >= 0.6 is 0 Å². The Labute approximate surface area is 212 Å². The van der Waals surface area contributed by atoms with E-state index < -0.39 is 23.8 Å². The average Bonchev–Trinajstić information content (AvgIpc) is 2.87. The summed E-state index contributed by atoms with van der Waals surface area (Å²) in [5.74, 6) is -1.72. The minimum Gasteiger partial charge on any atom is -0.273 e. The summed E-state index contributed by atoms with van der Waals surface area (Å²) in [6, 6.07) is -0.552. The van der Waals surface area contributed by atoms with Gasteiger partial charge >= 0.3 is 6.03 Å². The lowest BCUT2D eigenvalue weighted by Gasteiger charge is -2.37. The van der Waals surface area contributed by atoms with Crippen molar-refractivity contribution in [2.45, 2.75) is 83.5 Å². The van der Waals surface area contributed by atoms with E-state index in [1.54, 1.807) is 0 Å². The zero-order valence-electron chi connectivity index (χ0n) is 21.0. The molecule has 198 valence electrons. The van der Waals surface area contributed by atoms with E-state index >= 15 is 0 Å². The normalized spacial score (nSPS) is 15.3. The third-order valence-electron chi connectivity index (χ3n) is 6.10. The molecule has 0 saturated carbocycles. The van der Waals surface area contributed by atoms with Crippen LogP contribution in [-0.2, 0) is 24.0 Å². The van der Waals surface area contributed by atoms with Crippen molar-refractivity contribution in [3.63, 3.8) is 0 Å². The highest BCUT2D eigenvalue weighted by Gasteiger charge is 2.44. The molecule has 1 heterocycles. The van der Waals surface area contributed by atoms with Crippen LogP contribution in [0, 0.1) is 5.92 Å². The van der Waals surface area contributed by atoms with E-state index in [1.165, 1.54) is 28.0 Å². The number of aliphatic imine (C=N–C) groups is 3. The van der Waals surface area contributed by atoms with Crippen LogP contribution < -0.4 is 0 Å². The average molecular weight is 504 g/mol. The van der Waals surface area contributed by atoms with Gasteiger partial charge in [-0.3, -0.25) is 19.4 Å². The van der Waals surface area contributed by atoms with Crippen molar-refractivity contribution in [3.8, 4) is 0 Å². The van der Waals surface area contributed by atoms with Crippen LogP contribution in [0.4, 0.5) is 4.79 Å². The summed E-state index contributed by atoms with van der Waals surface area (Å²) in [5, 5.41) is 0. The zero-order chi connectivity index (χ0) is 26.4. The van der Waals surface area contributed by atoms with E-state index in [9.17, 15) is 28.8 Å². The lowest BCUT2D eigenvalue weighted by atomic mass is 9.95. The van der Waals surface area contributed by atoms with Gasteiger partial charge in [0.25, 0.3) is 0 Å². The van der Waals surface area contributed by atoms with Gasteiger partial charge in [-0.15, -0.1) is 0 Å². The van der Waals surface area contributed by atoms with Crippen molar-refractivity contribution >= 4 is 36.1 Å². The number of isocyanates is 3. The van der Waals surface area contributed by atoms with Crippen molar-refractivity contribution < 1.29 is 28.8 Å². The largest absolute Gasteiger partial charge is 0.333 e. The van der Waals surface area contributed by atoms with Crippen molar-refractivity contribution in [1.29, 1.82) is 0 Å². The van der Waals surface area contributed by atoms with Gasteiger partial charge in [-0.25, -0.2) is 34.2 Å². The number of nitrogens with zero attached hydrogens (tertiary/aromatic N) is 5. The maximum atomic E-state index is 13.1. The number of rotatable bonds is 21. The fourth-order valence-corrected chi connectivity index (χ4v) is 4.13. The third-order valence-corrected chi connectivity index (χ3v) is 6.10. The van der Waals surface area contributed by atoms with E-state index in [2.05, 4.69) is 15.0 Å². The van der Waals surface area contributed by atoms with Gasteiger partial charge in [0.15, 0.2) is 0 Å². The summed E-state index contributed by atoms with van der Waals surface area (Å²) in [6.45, 7) is 1.76. The summed E-state index contributed by atoms with van der Waals surface area (Å²) < 4.78 is 0. The summed E-state index contributed by atoms with van der Waals surface area (Å²) in [5.41, 5.74) is 0. The molecule has 1 aliphatic heterocycles. The van der Waals surface area contributed by atoms with Gasteiger partial charge in [-0.2, -0.15) is 0 Å². The van der Waals surface area contributed by atoms with Crippen molar-refractivity contribution in [3.05, 3.63) is 0 Å². The first kappa shape index (κ1) is 30.8. The number of barbiturate groups is 1. The smallest absolute Gasteiger partial charge is 0.273 e. The Kier molecular flexibility index (Phi) is 17.1. The second-order valence-electron chi connectivity index (χ2n) is 8.77. The highest BCUT2D eigenvalue weighted by Crippen LogP contribution is 2.24. The maximum absolute atomic E-state index is 13.1. The second kappa shape index (κ2) is 20.0. The highest BCUT2D eigenvalue weighted by molar-refractivity contribution is 6.16. The predicted octanol–water partition coefficient (Wildman–Crippen LogP) is 3.47. The van der Waals surface area contributed by atoms with E-state index in [0.717, 1.165) is 57.8 Å². The Hall–Kier alpha value is -3.25. The molecule has 1 rings (SSSR count). The molecular formula is C25H37N5O6. The first-order valence-electron chi connectivity index (χ1n) is 12.9. The molecule has 0 unspecified atom stereocenters. The number of urea groups is 1. The molecule has 1 aliphatic rings. The minimum absolute atomic E-state index is 0.252. The first-order valence-corrected chi connectivity index (χ1v) is 12.9. The Balaban J connectivity index is 2.67. The molecule has 0 aromatic carbocycles. The van der Waals surface area contributed by atoms with E-state index in [-0.39, 0.29) is 13.1 Å². The van der Waals surface area contributed by atoms with Crippen LogP contribution in [0.2, 0.25) is 0 Å². The van der Waals surface area contributed by atoms with E-state index in [1.807, 2.05) is 0 Å². The topological polar surface area (TPSA) is 146 Å². The lowest BCUT2D eigenvalue weighted by Crippen LogP contribution is -2.60. The maximum Gasteiger partial charge on any atom is 0.333 e. The number of amides is 4. The molecule has 0 aromatic heterocycles. The van der Waals surface area contributed by atoms with E-state index in [4.69, 9.17) is 0 Å². The Morgan fingerprint density at radius 1 is 0.528 bits per heavy atom. The van der Waals surface area contributed by atoms with Crippen LogP contribution in [0.25, 0.3) is 0 Å². The van der Waals surface area contributed by atoms with Crippen LogP contribution in [0.15, 0.2) is 15.0 Å². The molecule has 11 nitrogen and oxygen atoms in total. The monoisotopic (exact) mass is 503 g/mol. The van der Waals surface area contributed by atoms with Crippen molar-refractivity contribution in [1.82, 2.24) is 9.80 Å². The fraction of sp³-hybridized carbons (Fsp3) is 0.760. The molecule has 11 heteroatoms. The highest BCUT2D eigenvalue weighted by atomic mass is 16.2. The molecule has 4 amide bonds. The molecule has 1 fully saturated rings. The standard InChI is InChI=1S/C25H37N5O6/c31-19-26-14-8-2-1-7-13-22-23(34)29(17-11-5-3-9-15-27-20-32)25(36)30(24(22)35)18-12-6-4-10-16-28-21-33/h22H,1-18H2.